The largest absolute Gasteiger partial charge is 0.464 e. The van der Waals surface area contributed by atoms with Gasteiger partial charge in [-0.1, -0.05) is 13.8 Å². The van der Waals surface area contributed by atoms with Gasteiger partial charge in [-0.15, -0.1) is 11.3 Å². The highest BCUT2D eigenvalue weighted by atomic mass is 32.1. The number of hydrogen-bond acceptors (Lipinski definition) is 6. The van der Waals surface area contributed by atoms with Gasteiger partial charge < -0.3 is 14.8 Å². The topological polar surface area (TPSA) is 82.1 Å². The number of aromatic nitrogens is 1. The van der Waals surface area contributed by atoms with Crippen LogP contribution in [0.1, 0.15) is 48.8 Å². The molecule has 6 nitrogen and oxygen atoms in total. The molecule has 2 N–H and O–H groups in total. The molecule has 0 aliphatic carbocycles. The lowest BCUT2D eigenvalue weighted by atomic mass is 9.98. The molecule has 0 radical (unpaired) electrons. The summed E-state index contributed by atoms with van der Waals surface area (Å²) < 4.78 is 10.0. The first-order valence-corrected chi connectivity index (χ1v) is 7.77. The average molecular weight is 315 g/mol. The molecule has 1 aromatic rings. The van der Waals surface area contributed by atoms with Crippen LogP contribution in [0.2, 0.25) is 0 Å². The summed E-state index contributed by atoms with van der Waals surface area (Å²) in [6, 6.07) is 0.305. The Labute approximate surface area is 128 Å². The molecule has 0 aromatic carbocycles. The van der Waals surface area contributed by atoms with E-state index in [-0.39, 0.29) is 11.7 Å². The van der Waals surface area contributed by atoms with Gasteiger partial charge in [0.25, 0.3) is 0 Å². The molecule has 0 amide bonds. The molecule has 0 aliphatic heterocycles. The second-order valence-corrected chi connectivity index (χ2v) is 6.03. The van der Waals surface area contributed by atoms with Crippen molar-refractivity contribution < 1.29 is 24.4 Å². The Morgan fingerprint density at radius 1 is 1.43 bits per heavy atom. The minimum atomic E-state index is -0.485. The first kappa shape index (κ1) is 17.6. The van der Waals surface area contributed by atoms with E-state index in [0.29, 0.717) is 23.4 Å². The van der Waals surface area contributed by atoms with Crippen LogP contribution in [0.3, 0.4) is 0 Å². The first-order chi connectivity index (χ1) is 9.88. The lowest BCUT2D eigenvalue weighted by Crippen LogP contribution is -2.87. The van der Waals surface area contributed by atoms with E-state index in [1.54, 1.807) is 5.38 Å². The molecular weight excluding hydrogens is 292 g/mol. The number of thiazole rings is 1. The fourth-order valence-electron chi connectivity index (χ4n) is 2.07. The van der Waals surface area contributed by atoms with E-state index in [2.05, 4.69) is 28.9 Å². The molecule has 0 aliphatic rings. The molecular formula is C14H23N2O4S+. The van der Waals surface area contributed by atoms with Gasteiger partial charge in [-0.05, 0) is 0 Å². The molecule has 7 heteroatoms. The number of carbonyl (C=O) groups excluding carboxylic acids is 2. The maximum Gasteiger partial charge on any atom is 0.357 e. The molecule has 1 aromatic heterocycles. The number of nitrogens with two attached hydrogens (primary N) is 1. The predicted molar refractivity (Wildman–Crippen MR) is 79.1 cm³/mol. The lowest BCUT2D eigenvalue weighted by molar-refractivity contribution is -0.671. The fourth-order valence-corrected chi connectivity index (χ4v) is 2.90. The van der Waals surface area contributed by atoms with Crippen LogP contribution in [0.4, 0.5) is 0 Å². The monoisotopic (exact) mass is 315 g/mol. The molecule has 0 spiro atoms. The van der Waals surface area contributed by atoms with Crippen LogP contribution in [0, 0.1) is 5.92 Å². The number of rotatable bonds is 7. The maximum absolute atomic E-state index is 11.5. The van der Waals surface area contributed by atoms with Crippen LogP contribution in [0.15, 0.2) is 5.38 Å². The van der Waals surface area contributed by atoms with Gasteiger partial charge in [0.05, 0.1) is 20.2 Å². The third kappa shape index (κ3) is 5.09. The summed E-state index contributed by atoms with van der Waals surface area (Å²) in [4.78, 5) is 27.0. The Bertz CT molecular complexity index is 487. The highest BCUT2D eigenvalue weighted by molar-refractivity contribution is 7.09. The second kappa shape index (κ2) is 8.09. The molecule has 0 saturated heterocycles. The Morgan fingerprint density at radius 3 is 2.57 bits per heavy atom. The zero-order chi connectivity index (χ0) is 16.0. The number of nitrogens with zero attached hydrogens (tertiary/aromatic N) is 1. The standard InChI is InChI=1S/C14H22N2O4S/c1-8(2)10(15-4)6-12(20-9(3)17)13-16-11(7-21-13)14(18)19-5/h7-8,10,12,15H,6H2,1-5H3/p+1/t10-,12-/m1/s1. The second-order valence-electron chi connectivity index (χ2n) is 5.14. The quantitative estimate of drug-likeness (QED) is 0.763. The summed E-state index contributed by atoms with van der Waals surface area (Å²) in [6.07, 6.45) is 0.219. The summed E-state index contributed by atoms with van der Waals surface area (Å²) in [5, 5.41) is 4.35. The van der Waals surface area contributed by atoms with Crippen molar-refractivity contribution >= 4 is 23.3 Å². The molecule has 2 atom stereocenters. The number of hydrogen-bond donors (Lipinski definition) is 1. The van der Waals surface area contributed by atoms with E-state index >= 15 is 0 Å². The zero-order valence-electron chi connectivity index (χ0n) is 13.1. The predicted octanol–water partition coefficient (Wildman–Crippen LogP) is 1.14. The summed E-state index contributed by atoms with van der Waals surface area (Å²) in [6.45, 7) is 5.62. The first-order valence-electron chi connectivity index (χ1n) is 6.89. The van der Waals surface area contributed by atoms with E-state index in [1.165, 1.54) is 25.4 Å². The molecule has 1 rings (SSSR count). The van der Waals surface area contributed by atoms with Crippen molar-refractivity contribution in [1.29, 1.82) is 0 Å². The Hall–Kier alpha value is -1.47. The molecule has 0 saturated carbocycles. The van der Waals surface area contributed by atoms with Crippen molar-refractivity contribution in [2.75, 3.05) is 14.2 Å². The average Bonchev–Trinajstić information content (AvgIpc) is 2.91. The van der Waals surface area contributed by atoms with Crippen molar-refractivity contribution in [3.8, 4) is 0 Å². The lowest BCUT2D eigenvalue weighted by Gasteiger charge is -2.22. The van der Waals surface area contributed by atoms with Crippen molar-refractivity contribution in [3.05, 3.63) is 16.1 Å². The summed E-state index contributed by atoms with van der Waals surface area (Å²) in [7, 11) is 3.31. The van der Waals surface area contributed by atoms with Crippen LogP contribution in [0.5, 0.6) is 0 Å². The number of quaternary nitrogens is 1. The third-order valence-corrected chi connectivity index (χ3v) is 4.21. The van der Waals surface area contributed by atoms with E-state index in [4.69, 9.17) is 4.74 Å². The number of ether oxygens (including phenoxy) is 2. The zero-order valence-corrected chi connectivity index (χ0v) is 13.9. The fraction of sp³-hybridized carbons (Fsp3) is 0.643. The SMILES string of the molecule is C[NH2+][C@H](C[C@@H](OC(C)=O)c1nc(C(=O)OC)cs1)C(C)C. The normalized spacial score (nSPS) is 13.8. The minimum absolute atomic E-state index is 0.247. The van der Waals surface area contributed by atoms with Crippen LogP contribution >= 0.6 is 11.3 Å². The number of carbonyl (C=O) groups is 2. The molecule has 0 fully saturated rings. The summed E-state index contributed by atoms with van der Waals surface area (Å²) >= 11 is 1.30. The van der Waals surface area contributed by atoms with Crippen molar-refractivity contribution in [1.82, 2.24) is 4.98 Å². The molecule has 21 heavy (non-hydrogen) atoms. The van der Waals surface area contributed by atoms with Gasteiger partial charge in [-0.2, -0.15) is 0 Å². The minimum Gasteiger partial charge on any atom is -0.464 e. The van der Waals surface area contributed by atoms with Gasteiger partial charge in [0, 0.05) is 24.6 Å². The molecule has 1 heterocycles. The number of methoxy groups -OCH3 is 1. The third-order valence-electron chi connectivity index (χ3n) is 3.27. The van der Waals surface area contributed by atoms with E-state index in [0.717, 1.165) is 0 Å². The highest BCUT2D eigenvalue weighted by Crippen LogP contribution is 2.27. The van der Waals surface area contributed by atoms with Gasteiger partial charge in [-0.3, -0.25) is 4.79 Å². The van der Waals surface area contributed by atoms with Gasteiger partial charge >= 0.3 is 11.9 Å². The molecule has 118 valence electrons. The number of esters is 2. The maximum atomic E-state index is 11.5. The highest BCUT2D eigenvalue weighted by Gasteiger charge is 2.27. The van der Waals surface area contributed by atoms with Crippen LogP contribution in [-0.2, 0) is 14.3 Å². The van der Waals surface area contributed by atoms with Crippen molar-refractivity contribution in [2.24, 2.45) is 5.92 Å². The van der Waals surface area contributed by atoms with E-state index in [9.17, 15) is 9.59 Å². The Balaban J connectivity index is 2.93. The van der Waals surface area contributed by atoms with Gasteiger partial charge in [0.2, 0.25) is 0 Å². The molecule has 0 bridgehead atoms. The van der Waals surface area contributed by atoms with Crippen molar-refractivity contribution in [2.45, 2.75) is 39.3 Å². The Kier molecular flexibility index (Phi) is 6.77. The van der Waals surface area contributed by atoms with E-state index < -0.39 is 12.1 Å². The summed E-state index contributed by atoms with van der Waals surface area (Å²) in [5.74, 6) is -0.400. The van der Waals surface area contributed by atoms with Gasteiger partial charge in [-0.25, -0.2) is 9.78 Å². The summed E-state index contributed by atoms with van der Waals surface area (Å²) in [5.41, 5.74) is 0.247. The Morgan fingerprint density at radius 2 is 2.10 bits per heavy atom. The molecule has 0 unspecified atom stereocenters. The smallest absolute Gasteiger partial charge is 0.357 e. The van der Waals surface area contributed by atoms with Gasteiger partial charge in [0.1, 0.15) is 5.01 Å². The van der Waals surface area contributed by atoms with E-state index in [1.807, 2.05) is 7.05 Å². The van der Waals surface area contributed by atoms with Crippen molar-refractivity contribution in [3.63, 3.8) is 0 Å². The van der Waals surface area contributed by atoms with Crippen LogP contribution in [0.25, 0.3) is 0 Å². The van der Waals surface area contributed by atoms with Gasteiger partial charge in [0.15, 0.2) is 11.8 Å². The van der Waals surface area contributed by atoms with Crippen LogP contribution < -0.4 is 5.32 Å². The van der Waals surface area contributed by atoms with Crippen LogP contribution in [-0.4, -0.2) is 37.1 Å².